The van der Waals surface area contributed by atoms with E-state index in [2.05, 4.69) is 106 Å². The number of fused-ring (bicyclic) bond motifs is 11. The molecule has 0 atom stereocenters. The average Bonchev–Trinajstić information content (AvgIpc) is 3.49. The number of rotatable bonds is 2. The van der Waals surface area contributed by atoms with Crippen LogP contribution in [-0.4, -0.2) is 27.3 Å². The van der Waals surface area contributed by atoms with E-state index in [0.717, 1.165) is 38.6 Å². The number of imidazole rings is 1. The summed E-state index contributed by atoms with van der Waals surface area (Å²) < 4.78 is 17.5. The van der Waals surface area contributed by atoms with Gasteiger partial charge in [0, 0.05) is 32.5 Å². The number of nitrogens with zero attached hydrogens (tertiary/aromatic N) is 3. The van der Waals surface area contributed by atoms with Crippen molar-refractivity contribution in [1.29, 1.82) is 0 Å². The summed E-state index contributed by atoms with van der Waals surface area (Å²) in [5.74, 6) is 0. The van der Waals surface area contributed by atoms with Gasteiger partial charge in [-0.3, -0.25) is 4.40 Å². The van der Waals surface area contributed by atoms with Crippen LogP contribution in [0.1, 0.15) is 0 Å². The molecule has 5 aromatic carbocycles. The van der Waals surface area contributed by atoms with Crippen molar-refractivity contribution in [3.05, 3.63) is 109 Å². The minimum Gasteiger partial charge on any atom is -0.319 e. The predicted molar refractivity (Wildman–Crippen MR) is 161 cm³/mol. The second kappa shape index (κ2) is 7.56. The highest BCUT2D eigenvalue weighted by atomic mass is 31.2. The number of hydrogen-bond acceptors (Lipinski definition) is 2. The maximum absolute atomic E-state index is 13.0. The van der Waals surface area contributed by atoms with E-state index < -0.39 is 7.14 Å². The van der Waals surface area contributed by atoms with Crippen LogP contribution in [0.25, 0.3) is 65.8 Å². The molecule has 3 aromatic heterocycles. The molecule has 4 nitrogen and oxygen atoms in total. The monoisotopic (exact) mass is 509 g/mol. The van der Waals surface area contributed by atoms with Gasteiger partial charge in [-0.1, -0.05) is 60.7 Å². The third-order valence-electron chi connectivity index (χ3n) is 7.78. The molecule has 0 aliphatic carbocycles. The highest BCUT2D eigenvalue weighted by molar-refractivity contribution is 7.70. The normalized spacial score (nSPS) is 12.6. The number of para-hydroxylation sites is 3. The first kappa shape index (κ1) is 21.7. The molecule has 182 valence electrons. The maximum Gasteiger partial charge on any atom is 0.146 e. The van der Waals surface area contributed by atoms with E-state index in [1.54, 1.807) is 0 Å². The number of pyridine rings is 1. The van der Waals surface area contributed by atoms with Gasteiger partial charge in [0.2, 0.25) is 0 Å². The Morgan fingerprint density at radius 2 is 1.18 bits per heavy atom. The van der Waals surface area contributed by atoms with Crippen molar-refractivity contribution in [2.24, 2.45) is 0 Å². The van der Waals surface area contributed by atoms with Gasteiger partial charge in [-0.15, -0.1) is 0 Å². The first-order chi connectivity index (χ1) is 18.5. The average molecular weight is 510 g/mol. The molecule has 0 saturated carbocycles. The summed E-state index contributed by atoms with van der Waals surface area (Å²) >= 11 is 0. The van der Waals surface area contributed by atoms with E-state index >= 15 is 0 Å². The lowest BCUT2D eigenvalue weighted by Crippen LogP contribution is -2.02. The Labute approximate surface area is 219 Å². The molecule has 3 heterocycles. The van der Waals surface area contributed by atoms with Crippen LogP contribution in [0.4, 0.5) is 0 Å². The first-order valence-electron chi connectivity index (χ1n) is 12.8. The second-order valence-corrected chi connectivity index (χ2v) is 13.6. The van der Waals surface area contributed by atoms with Gasteiger partial charge in [0.05, 0.1) is 27.6 Å². The molecule has 0 unspecified atom stereocenters. The highest BCUT2D eigenvalue weighted by Gasteiger charge is 2.18. The van der Waals surface area contributed by atoms with Crippen LogP contribution in [0, 0.1) is 0 Å². The van der Waals surface area contributed by atoms with Gasteiger partial charge in [0.25, 0.3) is 0 Å². The topological polar surface area (TPSA) is 39.3 Å². The van der Waals surface area contributed by atoms with E-state index in [1.165, 1.54) is 32.6 Å². The Morgan fingerprint density at radius 1 is 0.579 bits per heavy atom. The summed E-state index contributed by atoms with van der Waals surface area (Å²) in [6.07, 6.45) is 0. The molecule has 8 rings (SSSR count). The summed E-state index contributed by atoms with van der Waals surface area (Å²) in [5.41, 5.74) is 7.38. The number of benzene rings is 5. The van der Waals surface area contributed by atoms with Crippen LogP contribution in [0.15, 0.2) is 109 Å². The molecule has 0 aliphatic heterocycles. The first-order valence-corrected chi connectivity index (χ1v) is 15.4. The summed E-state index contributed by atoms with van der Waals surface area (Å²) in [7, 11) is -2.42. The van der Waals surface area contributed by atoms with Crippen molar-refractivity contribution in [3.8, 4) is 5.69 Å². The smallest absolute Gasteiger partial charge is 0.146 e. The van der Waals surface area contributed by atoms with Crippen LogP contribution < -0.4 is 5.30 Å². The minimum absolute atomic E-state index is 0.870. The molecular weight excluding hydrogens is 485 g/mol. The lowest BCUT2D eigenvalue weighted by Gasteiger charge is -2.13. The highest BCUT2D eigenvalue weighted by Crippen LogP contribution is 2.38. The fourth-order valence-corrected chi connectivity index (χ4v) is 6.88. The number of hydrogen-bond donors (Lipinski definition) is 0. The summed E-state index contributed by atoms with van der Waals surface area (Å²) in [6.45, 7) is 3.64. The van der Waals surface area contributed by atoms with Crippen molar-refractivity contribution in [2.45, 2.75) is 0 Å². The van der Waals surface area contributed by atoms with E-state index in [4.69, 9.17) is 4.98 Å². The largest absolute Gasteiger partial charge is 0.319 e. The summed E-state index contributed by atoms with van der Waals surface area (Å²) in [6, 6.07) is 38.4. The Kier molecular flexibility index (Phi) is 4.31. The van der Waals surface area contributed by atoms with Crippen molar-refractivity contribution >= 4 is 72.6 Å². The Bertz CT molecular complexity index is 2250. The van der Waals surface area contributed by atoms with Gasteiger partial charge in [-0.05, 0) is 67.2 Å². The van der Waals surface area contributed by atoms with E-state index in [-0.39, 0.29) is 0 Å². The summed E-state index contributed by atoms with van der Waals surface area (Å²) in [5, 5.41) is 6.80. The fraction of sp³-hybridized carbons (Fsp3) is 0.0606. The van der Waals surface area contributed by atoms with E-state index in [0.29, 0.717) is 0 Å². The zero-order valence-electron chi connectivity index (χ0n) is 21.1. The number of aromatic nitrogens is 3. The molecular formula is C33H24N3OP. The SMILES string of the molecule is CP(C)(=O)c1ccc2nc3c4cc(-n5c6ccccc6c6ccccc65)ccc4c4ccccc4n3c2c1. The van der Waals surface area contributed by atoms with Gasteiger partial charge in [0.1, 0.15) is 12.8 Å². The molecule has 0 aliphatic rings. The van der Waals surface area contributed by atoms with E-state index in [1.807, 2.05) is 25.5 Å². The van der Waals surface area contributed by atoms with Gasteiger partial charge in [0.15, 0.2) is 0 Å². The Balaban J connectivity index is 1.54. The molecule has 0 radical (unpaired) electrons. The molecule has 0 amide bonds. The van der Waals surface area contributed by atoms with Gasteiger partial charge >= 0.3 is 0 Å². The van der Waals surface area contributed by atoms with Crippen molar-refractivity contribution < 1.29 is 4.57 Å². The van der Waals surface area contributed by atoms with Crippen LogP contribution in [-0.2, 0) is 4.57 Å². The molecule has 0 bridgehead atoms. The second-order valence-electron chi connectivity index (χ2n) is 10.4. The zero-order chi connectivity index (χ0) is 25.6. The molecule has 0 spiro atoms. The summed E-state index contributed by atoms with van der Waals surface area (Å²) in [4.78, 5) is 5.13. The molecule has 5 heteroatoms. The quantitative estimate of drug-likeness (QED) is 0.174. The lowest BCUT2D eigenvalue weighted by atomic mass is 10.0. The van der Waals surface area contributed by atoms with Crippen molar-refractivity contribution in [1.82, 2.24) is 14.0 Å². The molecule has 38 heavy (non-hydrogen) atoms. The molecule has 8 aromatic rings. The standard InChI is InChI=1S/C33H24N3OP/c1-38(2,37)22-16-18-28-32(20-22)36-31-14-8-3-9-24(31)23-17-15-21(19-27(23)33(36)34-28)35-29-12-6-4-10-25(29)26-11-5-7-13-30(26)35/h3-20H,1-2H3. The third-order valence-corrected chi connectivity index (χ3v) is 9.30. The van der Waals surface area contributed by atoms with Crippen LogP contribution in [0.2, 0.25) is 0 Å². The fourth-order valence-electron chi connectivity index (χ4n) is 6.01. The van der Waals surface area contributed by atoms with Crippen LogP contribution in [0.3, 0.4) is 0 Å². The molecule has 0 fully saturated rings. The molecule has 0 saturated heterocycles. The van der Waals surface area contributed by atoms with Gasteiger partial charge < -0.3 is 9.13 Å². The lowest BCUT2D eigenvalue weighted by molar-refractivity contribution is 0.588. The third kappa shape index (κ3) is 2.92. The predicted octanol–water partition coefficient (Wildman–Crippen LogP) is 8.14. The zero-order valence-corrected chi connectivity index (χ0v) is 22.0. The molecule has 0 N–H and O–H groups in total. The maximum atomic E-state index is 13.0. The Morgan fingerprint density at radius 3 is 1.84 bits per heavy atom. The van der Waals surface area contributed by atoms with Crippen LogP contribution >= 0.6 is 7.14 Å². The van der Waals surface area contributed by atoms with Gasteiger partial charge in [-0.25, -0.2) is 4.98 Å². The minimum atomic E-state index is -2.42. The van der Waals surface area contributed by atoms with Crippen LogP contribution in [0.5, 0.6) is 0 Å². The van der Waals surface area contributed by atoms with Gasteiger partial charge in [-0.2, -0.15) is 0 Å². The van der Waals surface area contributed by atoms with Crippen molar-refractivity contribution in [2.75, 3.05) is 13.3 Å². The van der Waals surface area contributed by atoms with Crippen molar-refractivity contribution in [3.63, 3.8) is 0 Å². The Hall–Kier alpha value is -4.40. The van der Waals surface area contributed by atoms with E-state index in [9.17, 15) is 4.57 Å².